The first-order valence-electron chi connectivity index (χ1n) is 9.65. The van der Waals surface area contributed by atoms with Gasteiger partial charge in [-0.15, -0.1) is 5.10 Å². The number of carbonyl (C=O) groups is 1. The van der Waals surface area contributed by atoms with E-state index in [9.17, 15) is 9.90 Å². The first-order valence-corrected chi connectivity index (χ1v) is 10.5. The highest BCUT2D eigenvalue weighted by atomic mass is 32.1. The van der Waals surface area contributed by atoms with E-state index in [1.54, 1.807) is 0 Å². The number of piperidine rings is 1. The lowest BCUT2D eigenvalue weighted by atomic mass is 9.93. The van der Waals surface area contributed by atoms with E-state index in [1.807, 2.05) is 13.0 Å². The van der Waals surface area contributed by atoms with Gasteiger partial charge in [-0.3, -0.25) is 9.69 Å². The summed E-state index contributed by atoms with van der Waals surface area (Å²) in [5.74, 6) is 0.580. The van der Waals surface area contributed by atoms with E-state index >= 15 is 0 Å². The molecule has 1 amide bonds. The lowest BCUT2D eigenvalue weighted by Crippen LogP contribution is -2.40. The molecule has 3 heterocycles. The van der Waals surface area contributed by atoms with Crippen LogP contribution >= 0.6 is 11.3 Å². The molecule has 4 rings (SSSR count). The SMILES string of the molecule is CCc1nc2sc([C@@H](c3cccc(C)c3)N3CCC(C(N)=O)CC3)c(O)n2n1. The molecular weight excluding hydrogens is 374 g/mol. The molecule has 0 spiro atoms. The minimum absolute atomic E-state index is 0.0718. The molecule has 28 heavy (non-hydrogen) atoms. The van der Waals surface area contributed by atoms with Gasteiger partial charge in [0, 0.05) is 12.3 Å². The first kappa shape index (κ1) is 18.9. The van der Waals surface area contributed by atoms with Crippen LogP contribution in [-0.2, 0) is 11.2 Å². The number of fused-ring (bicyclic) bond motifs is 1. The third kappa shape index (κ3) is 3.38. The molecule has 8 heteroatoms. The molecule has 1 aliphatic heterocycles. The number of hydrogen-bond acceptors (Lipinski definition) is 6. The third-order valence-corrected chi connectivity index (χ3v) is 6.54. The van der Waals surface area contributed by atoms with Crippen LogP contribution in [0.4, 0.5) is 0 Å². The van der Waals surface area contributed by atoms with E-state index in [-0.39, 0.29) is 23.7 Å². The molecule has 0 bridgehead atoms. The van der Waals surface area contributed by atoms with Crippen LogP contribution in [0.1, 0.15) is 47.6 Å². The fourth-order valence-electron chi connectivity index (χ4n) is 3.93. The number of likely N-dealkylation sites (tertiary alicyclic amines) is 1. The summed E-state index contributed by atoms with van der Waals surface area (Å²) in [6.07, 6.45) is 2.20. The zero-order valence-corrected chi connectivity index (χ0v) is 16.9. The van der Waals surface area contributed by atoms with E-state index in [1.165, 1.54) is 21.4 Å². The maximum atomic E-state index is 11.6. The molecule has 0 aliphatic carbocycles. The lowest BCUT2D eigenvalue weighted by molar-refractivity contribution is -0.123. The zero-order chi connectivity index (χ0) is 19.8. The standard InChI is InChI=1S/C20H25N5O2S/c1-3-15-22-20-25(23-15)19(27)17(28-20)16(14-6-4-5-12(2)11-14)24-9-7-13(8-10-24)18(21)26/h4-6,11,13,16,27H,3,7-10H2,1-2H3,(H2,21,26)/t16-/m1/s1. The average molecular weight is 400 g/mol. The summed E-state index contributed by atoms with van der Waals surface area (Å²) < 4.78 is 1.54. The number of aromatic nitrogens is 3. The van der Waals surface area contributed by atoms with E-state index in [4.69, 9.17) is 5.73 Å². The van der Waals surface area contributed by atoms with Gasteiger partial charge in [-0.25, -0.2) is 4.98 Å². The van der Waals surface area contributed by atoms with Gasteiger partial charge < -0.3 is 10.8 Å². The van der Waals surface area contributed by atoms with E-state index < -0.39 is 0 Å². The van der Waals surface area contributed by atoms with Crippen LogP contribution in [0, 0.1) is 12.8 Å². The number of primary amides is 1. The predicted octanol–water partition coefficient (Wildman–Crippen LogP) is 2.65. The Balaban J connectivity index is 1.74. The van der Waals surface area contributed by atoms with Gasteiger partial charge in [-0.2, -0.15) is 4.52 Å². The van der Waals surface area contributed by atoms with Crippen molar-refractivity contribution in [1.82, 2.24) is 19.5 Å². The molecule has 7 nitrogen and oxygen atoms in total. The van der Waals surface area contributed by atoms with Gasteiger partial charge in [0.1, 0.15) is 0 Å². The van der Waals surface area contributed by atoms with Gasteiger partial charge in [0.05, 0.1) is 10.9 Å². The molecule has 2 aromatic heterocycles. The van der Waals surface area contributed by atoms with Gasteiger partial charge in [0.25, 0.3) is 0 Å². The van der Waals surface area contributed by atoms with Crippen LogP contribution in [0.15, 0.2) is 24.3 Å². The van der Waals surface area contributed by atoms with Crippen LogP contribution in [-0.4, -0.2) is 43.6 Å². The Morgan fingerprint density at radius 2 is 2.14 bits per heavy atom. The number of aromatic hydroxyl groups is 1. The summed E-state index contributed by atoms with van der Waals surface area (Å²) in [5, 5.41) is 15.4. The molecule has 1 saturated heterocycles. The minimum atomic E-state index is -0.222. The molecule has 3 aromatic rings. The van der Waals surface area contributed by atoms with Crippen molar-refractivity contribution in [1.29, 1.82) is 0 Å². The van der Waals surface area contributed by atoms with Crippen molar-refractivity contribution in [3.8, 4) is 5.88 Å². The van der Waals surface area contributed by atoms with Gasteiger partial charge in [-0.1, -0.05) is 48.1 Å². The highest BCUT2D eigenvalue weighted by molar-refractivity contribution is 7.17. The number of rotatable bonds is 5. The summed E-state index contributed by atoms with van der Waals surface area (Å²) in [6, 6.07) is 8.24. The van der Waals surface area contributed by atoms with Crippen molar-refractivity contribution < 1.29 is 9.90 Å². The topological polar surface area (TPSA) is 96.8 Å². The molecule has 1 fully saturated rings. The number of aryl methyl sites for hydroxylation is 2. The fourth-order valence-corrected chi connectivity index (χ4v) is 5.06. The summed E-state index contributed by atoms with van der Waals surface area (Å²) in [4.78, 5) is 19.9. The van der Waals surface area contributed by atoms with E-state index in [0.29, 0.717) is 4.96 Å². The Hall–Kier alpha value is -2.45. The highest BCUT2D eigenvalue weighted by Gasteiger charge is 2.33. The van der Waals surface area contributed by atoms with Crippen molar-refractivity contribution >= 4 is 22.2 Å². The maximum Gasteiger partial charge on any atom is 0.230 e. The number of benzene rings is 1. The summed E-state index contributed by atoms with van der Waals surface area (Å²) in [6.45, 7) is 5.56. The van der Waals surface area contributed by atoms with Gasteiger partial charge in [0.15, 0.2) is 5.82 Å². The number of nitrogens with zero attached hydrogens (tertiary/aromatic N) is 4. The number of hydrogen-bond donors (Lipinski definition) is 2. The normalized spacial score (nSPS) is 17.2. The number of amides is 1. The largest absolute Gasteiger partial charge is 0.492 e. The number of carbonyl (C=O) groups excluding carboxylic acids is 1. The fraction of sp³-hybridized carbons (Fsp3) is 0.450. The van der Waals surface area contributed by atoms with Crippen molar-refractivity contribution in [2.24, 2.45) is 11.7 Å². The smallest absolute Gasteiger partial charge is 0.230 e. The van der Waals surface area contributed by atoms with Crippen LogP contribution in [0.25, 0.3) is 4.96 Å². The number of nitrogens with two attached hydrogens (primary N) is 1. The molecule has 3 N–H and O–H groups in total. The second-order valence-electron chi connectivity index (χ2n) is 7.40. The Morgan fingerprint density at radius 3 is 2.75 bits per heavy atom. The molecule has 0 radical (unpaired) electrons. The van der Waals surface area contributed by atoms with Crippen molar-refractivity contribution in [2.75, 3.05) is 13.1 Å². The van der Waals surface area contributed by atoms with Crippen LogP contribution < -0.4 is 5.73 Å². The quantitative estimate of drug-likeness (QED) is 0.687. The molecule has 0 saturated carbocycles. The number of thiazole rings is 1. The lowest BCUT2D eigenvalue weighted by Gasteiger charge is -2.36. The molecule has 1 aliphatic rings. The minimum Gasteiger partial charge on any atom is -0.492 e. The third-order valence-electron chi connectivity index (χ3n) is 5.46. The molecule has 0 unspecified atom stereocenters. The molecule has 148 valence electrons. The summed E-state index contributed by atoms with van der Waals surface area (Å²) >= 11 is 1.48. The van der Waals surface area contributed by atoms with Crippen molar-refractivity contribution in [3.05, 3.63) is 46.1 Å². The average Bonchev–Trinajstić information content (AvgIpc) is 3.22. The highest BCUT2D eigenvalue weighted by Crippen LogP contribution is 2.41. The van der Waals surface area contributed by atoms with Crippen molar-refractivity contribution in [3.63, 3.8) is 0 Å². The predicted molar refractivity (Wildman–Crippen MR) is 108 cm³/mol. The first-order chi connectivity index (χ1) is 13.5. The molecule has 1 aromatic carbocycles. The van der Waals surface area contributed by atoms with Crippen LogP contribution in [0.5, 0.6) is 5.88 Å². The molecule has 1 atom stereocenters. The summed E-state index contributed by atoms with van der Waals surface area (Å²) in [5.41, 5.74) is 7.79. The maximum absolute atomic E-state index is 11.6. The summed E-state index contributed by atoms with van der Waals surface area (Å²) in [7, 11) is 0. The van der Waals surface area contributed by atoms with Gasteiger partial charge >= 0.3 is 0 Å². The van der Waals surface area contributed by atoms with Gasteiger partial charge in [-0.05, 0) is 38.4 Å². The second kappa shape index (κ2) is 7.52. The van der Waals surface area contributed by atoms with Crippen molar-refractivity contribution in [2.45, 2.75) is 39.2 Å². The van der Waals surface area contributed by atoms with Crippen LogP contribution in [0.2, 0.25) is 0 Å². The van der Waals surface area contributed by atoms with E-state index in [2.05, 4.69) is 40.1 Å². The monoisotopic (exact) mass is 399 g/mol. The Bertz CT molecular complexity index is 1000. The zero-order valence-electron chi connectivity index (χ0n) is 16.1. The Morgan fingerprint density at radius 1 is 1.39 bits per heavy atom. The molecular formula is C20H25N5O2S. The Kier molecular flexibility index (Phi) is 5.07. The Labute approximate surface area is 167 Å². The van der Waals surface area contributed by atoms with Gasteiger partial charge in [0.2, 0.25) is 16.7 Å². The van der Waals surface area contributed by atoms with E-state index in [0.717, 1.165) is 48.6 Å². The second-order valence-corrected chi connectivity index (χ2v) is 8.40. The van der Waals surface area contributed by atoms with Crippen LogP contribution in [0.3, 0.4) is 0 Å².